The highest BCUT2D eigenvalue weighted by atomic mass is 35.5. The van der Waals surface area contributed by atoms with Gasteiger partial charge in [0.05, 0.1) is 0 Å². The molecule has 0 aromatic rings. The van der Waals surface area contributed by atoms with Gasteiger partial charge >= 0.3 is 0 Å². The summed E-state index contributed by atoms with van der Waals surface area (Å²) in [4.78, 5) is 27.4. The molecule has 0 radical (unpaired) electrons. The molecule has 0 aromatic carbocycles. The van der Waals surface area contributed by atoms with Gasteiger partial charge in [-0.3, -0.25) is 9.59 Å². The highest BCUT2D eigenvalue weighted by Gasteiger charge is 2.19. The molecule has 2 rings (SSSR count). The fourth-order valence-electron chi connectivity index (χ4n) is 1.93. The van der Waals surface area contributed by atoms with Gasteiger partial charge in [0, 0.05) is 37.0 Å². The summed E-state index contributed by atoms with van der Waals surface area (Å²) in [7, 11) is 8.21. The number of alkyl halides is 1. The first-order chi connectivity index (χ1) is 11.9. The lowest BCUT2D eigenvalue weighted by Crippen LogP contribution is -2.27. The van der Waals surface area contributed by atoms with E-state index in [4.69, 9.17) is 11.6 Å². The molecule has 27 heavy (non-hydrogen) atoms. The molecular weight excluding hydrogens is 427 g/mol. The summed E-state index contributed by atoms with van der Waals surface area (Å²) in [5, 5.41) is 3.02. The Morgan fingerprint density at radius 3 is 1.93 bits per heavy atom. The Morgan fingerprint density at radius 1 is 1.04 bits per heavy atom. The summed E-state index contributed by atoms with van der Waals surface area (Å²) in [5.41, 5.74) is 0. The van der Waals surface area contributed by atoms with Crippen LogP contribution >= 0.6 is 47.5 Å². The van der Waals surface area contributed by atoms with Gasteiger partial charge in [0.25, 0.3) is 10.5 Å². The maximum Gasteiger partial charge on any atom is 0.281 e. The van der Waals surface area contributed by atoms with Crippen molar-refractivity contribution in [2.24, 2.45) is 0 Å². The van der Waals surface area contributed by atoms with Crippen molar-refractivity contribution >= 4 is 58.0 Å². The Labute approximate surface area is 185 Å². The number of hydrogen-bond donors (Lipinski definition) is 1. The van der Waals surface area contributed by atoms with Gasteiger partial charge < -0.3 is 20.0 Å². The van der Waals surface area contributed by atoms with E-state index >= 15 is 0 Å². The van der Waals surface area contributed by atoms with Gasteiger partial charge in [-0.1, -0.05) is 31.0 Å². The third-order valence-corrected chi connectivity index (χ3v) is 5.20. The first kappa shape index (κ1) is 31.8. The zero-order chi connectivity index (χ0) is 19.1. The molecule has 2 saturated heterocycles. The number of thioether (sulfide) groups is 2. The minimum atomic E-state index is 0. The number of halogens is 2. The number of rotatable bonds is 7. The molecule has 2 aliphatic heterocycles. The van der Waals surface area contributed by atoms with Crippen LogP contribution in [0.3, 0.4) is 0 Å². The van der Waals surface area contributed by atoms with E-state index in [0.717, 1.165) is 63.0 Å². The Balaban J connectivity index is -0.000000333. The van der Waals surface area contributed by atoms with E-state index < -0.39 is 0 Å². The first-order valence-corrected chi connectivity index (χ1v) is 11.0. The van der Waals surface area contributed by atoms with E-state index in [2.05, 4.69) is 29.2 Å². The number of carbonyl (C=O) groups is 2. The van der Waals surface area contributed by atoms with E-state index in [9.17, 15) is 9.59 Å². The molecule has 6 nitrogen and oxygen atoms in total. The molecule has 0 aliphatic carbocycles. The zero-order valence-electron chi connectivity index (χ0n) is 16.3. The monoisotopic (exact) mass is 464 g/mol. The van der Waals surface area contributed by atoms with E-state index in [1.807, 2.05) is 19.0 Å². The summed E-state index contributed by atoms with van der Waals surface area (Å²) in [6.45, 7) is 4.88. The van der Waals surface area contributed by atoms with Crippen LogP contribution in [0.15, 0.2) is 0 Å². The van der Waals surface area contributed by atoms with Gasteiger partial charge in [0.15, 0.2) is 0 Å². The molecule has 0 saturated carbocycles. The van der Waals surface area contributed by atoms with Crippen LogP contribution in [0.5, 0.6) is 0 Å². The van der Waals surface area contributed by atoms with Crippen LogP contribution in [0.2, 0.25) is 0 Å². The number of nitrogens with zero attached hydrogens (tertiary/aromatic N) is 3. The molecule has 0 bridgehead atoms. The van der Waals surface area contributed by atoms with Crippen LogP contribution in [-0.4, -0.2) is 103 Å². The molecule has 2 aliphatic rings. The third-order valence-electron chi connectivity index (χ3n) is 3.22. The standard InChI is InChI=1S/C8H16N2OS.C5H12ClN.C3H5NOS.CH4.ClH/c1-9(2)4-3-5-10-6-7-12-8(10)11;1-7(2)5-3-4-6;5-3-4-1-2-6-3;;/h3-7H2,1-2H3;3-5H2,1-2H3;1-2H2,(H,4,5);1H4;1H. The van der Waals surface area contributed by atoms with Gasteiger partial charge in [-0.15, -0.1) is 24.0 Å². The maximum atomic E-state index is 11.1. The maximum absolute atomic E-state index is 11.1. The SMILES string of the molecule is C.CN(C)CCCCl.CN(C)CCCN1CCSC1=O.Cl.O=C1NCCS1. The van der Waals surface area contributed by atoms with E-state index in [0.29, 0.717) is 0 Å². The predicted molar refractivity (Wildman–Crippen MR) is 126 cm³/mol. The highest BCUT2D eigenvalue weighted by molar-refractivity contribution is 8.14. The lowest BCUT2D eigenvalue weighted by Gasteiger charge is -2.15. The van der Waals surface area contributed by atoms with Crippen molar-refractivity contribution in [3.8, 4) is 0 Å². The van der Waals surface area contributed by atoms with Crippen molar-refractivity contribution < 1.29 is 9.59 Å². The fraction of sp³-hybridized carbons (Fsp3) is 0.882. The van der Waals surface area contributed by atoms with Crippen molar-refractivity contribution in [2.75, 3.05) is 78.3 Å². The smallest absolute Gasteiger partial charge is 0.281 e. The van der Waals surface area contributed by atoms with Gasteiger partial charge in [0.2, 0.25) is 0 Å². The van der Waals surface area contributed by atoms with Gasteiger partial charge in [-0.2, -0.15) is 0 Å². The minimum absolute atomic E-state index is 0. The second kappa shape index (κ2) is 20.9. The van der Waals surface area contributed by atoms with Crippen LogP contribution in [-0.2, 0) is 0 Å². The van der Waals surface area contributed by atoms with E-state index in [-0.39, 0.29) is 30.3 Å². The van der Waals surface area contributed by atoms with Crippen molar-refractivity contribution in [1.29, 1.82) is 0 Å². The van der Waals surface area contributed by atoms with Crippen LogP contribution in [0.25, 0.3) is 0 Å². The van der Waals surface area contributed by atoms with Gasteiger partial charge in [0.1, 0.15) is 0 Å². The second-order valence-corrected chi connectivity index (χ2v) is 8.66. The second-order valence-electron chi connectivity index (χ2n) is 6.17. The van der Waals surface area contributed by atoms with Crippen molar-refractivity contribution in [3.05, 3.63) is 0 Å². The Bertz CT molecular complexity index is 371. The molecule has 0 spiro atoms. The number of amides is 2. The largest absolute Gasteiger partial charge is 0.346 e. The predicted octanol–water partition coefficient (Wildman–Crippen LogP) is 3.78. The van der Waals surface area contributed by atoms with Crippen LogP contribution in [0.1, 0.15) is 20.3 Å². The summed E-state index contributed by atoms with van der Waals surface area (Å²) in [5.74, 6) is 2.69. The quantitative estimate of drug-likeness (QED) is 0.578. The normalized spacial score (nSPS) is 15.3. The van der Waals surface area contributed by atoms with Gasteiger partial charge in [-0.05, 0) is 54.1 Å². The van der Waals surface area contributed by atoms with Crippen LogP contribution < -0.4 is 5.32 Å². The molecular formula is C17H38Cl2N4O2S2. The summed E-state index contributed by atoms with van der Waals surface area (Å²) in [6, 6.07) is 0. The first-order valence-electron chi connectivity index (χ1n) is 8.54. The number of nitrogens with one attached hydrogen (secondary N) is 1. The molecule has 10 heteroatoms. The molecule has 164 valence electrons. The van der Waals surface area contributed by atoms with Gasteiger partial charge in [-0.25, -0.2) is 0 Å². The Morgan fingerprint density at radius 2 is 1.63 bits per heavy atom. The Hall–Kier alpha value is 0.140. The van der Waals surface area contributed by atoms with E-state index in [1.165, 1.54) is 23.5 Å². The van der Waals surface area contributed by atoms with Crippen LogP contribution in [0, 0.1) is 0 Å². The summed E-state index contributed by atoms with van der Waals surface area (Å²) >= 11 is 8.20. The molecule has 2 amide bonds. The highest BCUT2D eigenvalue weighted by Crippen LogP contribution is 2.16. The lowest BCUT2D eigenvalue weighted by atomic mass is 10.4. The summed E-state index contributed by atoms with van der Waals surface area (Å²) < 4.78 is 0. The topological polar surface area (TPSA) is 55.9 Å². The molecule has 2 fully saturated rings. The lowest BCUT2D eigenvalue weighted by molar-refractivity contribution is 0.226. The molecule has 1 N–H and O–H groups in total. The number of hydrogen-bond acceptors (Lipinski definition) is 6. The summed E-state index contributed by atoms with van der Waals surface area (Å²) in [6.07, 6.45) is 2.17. The molecule has 2 heterocycles. The fourth-order valence-corrected chi connectivity index (χ4v) is 3.50. The molecule has 0 aromatic heterocycles. The number of carbonyl (C=O) groups excluding carboxylic acids is 2. The zero-order valence-corrected chi connectivity index (χ0v) is 19.5. The van der Waals surface area contributed by atoms with E-state index in [1.54, 1.807) is 0 Å². The Kier molecular flexibility index (Phi) is 24.6. The average molecular weight is 466 g/mol. The molecule has 0 unspecified atom stereocenters. The van der Waals surface area contributed by atoms with Crippen molar-refractivity contribution in [1.82, 2.24) is 20.0 Å². The minimum Gasteiger partial charge on any atom is -0.346 e. The third kappa shape index (κ3) is 20.7. The van der Waals surface area contributed by atoms with Crippen molar-refractivity contribution in [3.63, 3.8) is 0 Å². The van der Waals surface area contributed by atoms with Crippen molar-refractivity contribution in [2.45, 2.75) is 20.3 Å². The average Bonchev–Trinajstić information content (AvgIpc) is 3.18. The van der Waals surface area contributed by atoms with Crippen LogP contribution in [0.4, 0.5) is 9.59 Å². The molecule has 0 atom stereocenters.